The number of hydrogen-bond donors (Lipinski definition) is 0. The highest BCUT2D eigenvalue weighted by molar-refractivity contribution is 9.11. The van der Waals surface area contributed by atoms with Crippen LogP contribution in [0.1, 0.15) is 17.4 Å². The second-order valence-electron chi connectivity index (χ2n) is 2.74. The lowest BCUT2D eigenvalue weighted by atomic mass is 10.3. The molecule has 0 spiro atoms. The maximum atomic E-state index is 11.0. The summed E-state index contributed by atoms with van der Waals surface area (Å²) in [5, 5.41) is 3.67. The van der Waals surface area contributed by atoms with Gasteiger partial charge in [0.2, 0.25) is 0 Å². The number of carbonyl (C=O) groups is 1. The van der Waals surface area contributed by atoms with Crippen molar-refractivity contribution in [1.29, 1.82) is 0 Å². The van der Waals surface area contributed by atoms with E-state index in [2.05, 4.69) is 21.1 Å². The Kier molecular flexibility index (Phi) is 2.52. The number of Topliss-reactive ketones (excluding diaryl/α,β-unsaturated/α-hetero) is 1. The summed E-state index contributed by atoms with van der Waals surface area (Å²) in [6, 6.07) is 5.50. The van der Waals surface area contributed by atoms with E-state index in [-0.39, 0.29) is 5.78 Å². The molecule has 3 nitrogen and oxygen atoms in total. The van der Waals surface area contributed by atoms with Crippen LogP contribution in [0, 0.1) is 0 Å². The van der Waals surface area contributed by atoms with E-state index in [1.165, 1.54) is 18.3 Å². The molecule has 0 aromatic carbocycles. The van der Waals surface area contributed by atoms with E-state index in [1.807, 2.05) is 12.1 Å². The zero-order valence-electron chi connectivity index (χ0n) is 7.28. The maximum Gasteiger partial charge on any atom is 0.181 e. The van der Waals surface area contributed by atoms with E-state index in [0.29, 0.717) is 11.5 Å². The number of hydrogen-bond acceptors (Lipinski definition) is 4. The smallest absolute Gasteiger partial charge is 0.181 e. The van der Waals surface area contributed by atoms with E-state index in [9.17, 15) is 4.79 Å². The molecular weight excluding hydrogens is 266 g/mol. The van der Waals surface area contributed by atoms with Gasteiger partial charge in [0.15, 0.2) is 11.5 Å². The lowest BCUT2D eigenvalue weighted by Gasteiger charge is -1.83. The summed E-state index contributed by atoms with van der Waals surface area (Å²) in [5.74, 6) is 0.543. The van der Waals surface area contributed by atoms with Crippen LogP contribution in [-0.4, -0.2) is 10.9 Å². The van der Waals surface area contributed by atoms with Crippen molar-refractivity contribution in [2.45, 2.75) is 6.92 Å². The Morgan fingerprint density at radius 2 is 2.36 bits per heavy atom. The van der Waals surface area contributed by atoms with Crippen LogP contribution in [0.2, 0.25) is 0 Å². The van der Waals surface area contributed by atoms with E-state index < -0.39 is 0 Å². The quantitative estimate of drug-likeness (QED) is 0.787. The fourth-order valence-corrected chi connectivity index (χ4v) is 2.34. The van der Waals surface area contributed by atoms with Gasteiger partial charge in [-0.25, -0.2) is 0 Å². The summed E-state index contributed by atoms with van der Waals surface area (Å²) in [6.07, 6.45) is 0. The molecule has 0 bridgehead atoms. The number of carbonyl (C=O) groups excluding carboxylic acids is 1. The molecule has 0 N–H and O–H groups in total. The highest BCUT2D eigenvalue weighted by Gasteiger charge is 2.11. The zero-order valence-corrected chi connectivity index (χ0v) is 9.68. The normalized spacial score (nSPS) is 10.4. The SMILES string of the molecule is CC(=O)c1cc(-c2ccc(Br)s2)on1. The third-order valence-corrected chi connectivity index (χ3v) is 3.33. The molecule has 0 unspecified atom stereocenters. The van der Waals surface area contributed by atoms with Gasteiger partial charge in [0.25, 0.3) is 0 Å². The van der Waals surface area contributed by atoms with Crippen LogP contribution in [0.5, 0.6) is 0 Å². The van der Waals surface area contributed by atoms with Crippen LogP contribution in [-0.2, 0) is 0 Å². The van der Waals surface area contributed by atoms with Crippen LogP contribution in [0.3, 0.4) is 0 Å². The minimum absolute atomic E-state index is 0.0874. The minimum atomic E-state index is -0.0874. The molecule has 0 saturated carbocycles. The molecule has 5 heteroatoms. The Hall–Kier alpha value is -0.940. The molecular formula is C9H6BrNO2S. The molecule has 2 aromatic rings. The van der Waals surface area contributed by atoms with Crippen LogP contribution < -0.4 is 0 Å². The first-order chi connectivity index (χ1) is 6.66. The van der Waals surface area contributed by atoms with Gasteiger partial charge in [-0.1, -0.05) is 5.16 Å². The average molecular weight is 272 g/mol. The van der Waals surface area contributed by atoms with Gasteiger partial charge in [-0.2, -0.15) is 0 Å². The highest BCUT2D eigenvalue weighted by Crippen LogP contribution is 2.31. The van der Waals surface area contributed by atoms with Gasteiger partial charge in [0, 0.05) is 13.0 Å². The number of aromatic nitrogens is 1. The molecule has 0 aliphatic rings. The second kappa shape index (κ2) is 3.67. The molecule has 0 aliphatic heterocycles. The van der Waals surface area contributed by atoms with Crippen molar-refractivity contribution >= 4 is 33.0 Å². The van der Waals surface area contributed by atoms with Crippen LogP contribution in [0.15, 0.2) is 26.5 Å². The van der Waals surface area contributed by atoms with Gasteiger partial charge in [-0.3, -0.25) is 4.79 Å². The van der Waals surface area contributed by atoms with Crippen LogP contribution in [0.25, 0.3) is 10.6 Å². The maximum absolute atomic E-state index is 11.0. The number of nitrogens with zero attached hydrogens (tertiary/aromatic N) is 1. The Morgan fingerprint density at radius 3 is 2.86 bits per heavy atom. The predicted molar refractivity (Wildman–Crippen MR) is 57.5 cm³/mol. The Morgan fingerprint density at radius 1 is 1.57 bits per heavy atom. The highest BCUT2D eigenvalue weighted by atomic mass is 79.9. The first-order valence-corrected chi connectivity index (χ1v) is 5.51. The molecule has 2 heterocycles. The molecule has 2 rings (SSSR count). The van der Waals surface area contributed by atoms with Gasteiger partial charge < -0.3 is 4.52 Å². The molecule has 14 heavy (non-hydrogen) atoms. The number of halogens is 1. The first-order valence-electron chi connectivity index (χ1n) is 3.90. The van der Waals surface area contributed by atoms with Crippen molar-refractivity contribution in [1.82, 2.24) is 5.16 Å². The molecule has 2 aromatic heterocycles. The third-order valence-electron chi connectivity index (χ3n) is 1.69. The minimum Gasteiger partial charge on any atom is -0.355 e. The Balaban J connectivity index is 2.38. The second-order valence-corrected chi connectivity index (χ2v) is 5.20. The standard InChI is InChI=1S/C9H6BrNO2S/c1-5(12)6-4-7(13-11-6)8-2-3-9(10)14-8/h2-4H,1H3. The molecule has 0 aliphatic carbocycles. The fourth-order valence-electron chi connectivity index (χ4n) is 1.00. The topological polar surface area (TPSA) is 43.1 Å². The number of ketones is 1. The summed E-state index contributed by atoms with van der Waals surface area (Å²) in [4.78, 5) is 11.9. The molecule has 0 fully saturated rings. The van der Waals surface area contributed by atoms with Gasteiger partial charge in [-0.05, 0) is 28.1 Å². The van der Waals surface area contributed by atoms with Crippen molar-refractivity contribution in [3.63, 3.8) is 0 Å². The third kappa shape index (κ3) is 1.78. The lowest BCUT2D eigenvalue weighted by Crippen LogP contribution is -1.89. The molecule has 72 valence electrons. The van der Waals surface area contributed by atoms with Gasteiger partial charge in [0.1, 0.15) is 5.69 Å². The Labute approximate surface area is 92.9 Å². The van der Waals surface area contributed by atoms with E-state index in [1.54, 1.807) is 6.07 Å². The van der Waals surface area contributed by atoms with Crippen LogP contribution in [0.4, 0.5) is 0 Å². The van der Waals surface area contributed by atoms with Crippen molar-refractivity contribution in [2.75, 3.05) is 0 Å². The Bertz CT molecular complexity index is 475. The summed E-state index contributed by atoms with van der Waals surface area (Å²) < 4.78 is 6.07. The van der Waals surface area contributed by atoms with Crippen molar-refractivity contribution < 1.29 is 9.32 Å². The summed E-state index contributed by atoms with van der Waals surface area (Å²) in [5.41, 5.74) is 0.365. The van der Waals surface area contributed by atoms with Crippen LogP contribution >= 0.6 is 27.3 Å². The fraction of sp³-hybridized carbons (Fsp3) is 0.111. The van der Waals surface area contributed by atoms with Gasteiger partial charge in [-0.15, -0.1) is 11.3 Å². The largest absolute Gasteiger partial charge is 0.355 e. The van der Waals surface area contributed by atoms with Crippen molar-refractivity contribution in [2.24, 2.45) is 0 Å². The summed E-state index contributed by atoms with van der Waals surface area (Å²) >= 11 is 4.89. The first kappa shape index (κ1) is 9.61. The van der Waals surface area contributed by atoms with E-state index in [0.717, 1.165) is 8.66 Å². The number of rotatable bonds is 2. The molecule has 0 radical (unpaired) electrons. The molecule has 0 amide bonds. The summed E-state index contributed by atoms with van der Waals surface area (Å²) in [7, 11) is 0. The van der Waals surface area contributed by atoms with Gasteiger partial charge in [0.05, 0.1) is 8.66 Å². The molecule has 0 atom stereocenters. The molecule has 0 saturated heterocycles. The predicted octanol–water partition coefficient (Wildman–Crippen LogP) is 3.37. The monoisotopic (exact) mass is 271 g/mol. The van der Waals surface area contributed by atoms with Crippen molar-refractivity contribution in [3.8, 4) is 10.6 Å². The lowest BCUT2D eigenvalue weighted by molar-refractivity contribution is 0.100. The summed E-state index contributed by atoms with van der Waals surface area (Å²) in [6.45, 7) is 1.46. The van der Waals surface area contributed by atoms with E-state index >= 15 is 0 Å². The average Bonchev–Trinajstić information content (AvgIpc) is 2.70. The van der Waals surface area contributed by atoms with Crippen molar-refractivity contribution in [3.05, 3.63) is 27.7 Å². The van der Waals surface area contributed by atoms with E-state index in [4.69, 9.17) is 4.52 Å². The number of thiophene rings is 1. The van der Waals surface area contributed by atoms with Gasteiger partial charge >= 0.3 is 0 Å². The zero-order chi connectivity index (χ0) is 10.1.